The fourth-order valence-corrected chi connectivity index (χ4v) is 3.63. The van der Waals surface area contributed by atoms with E-state index in [1.807, 2.05) is 6.92 Å². The molecule has 28 heavy (non-hydrogen) atoms. The summed E-state index contributed by atoms with van der Waals surface area (Å²) in [4.78, 5) is 26.4. The number of nitrogens with zero attached hydrogens (tertiary/aromatic N) is 1. The highest BCUT2D eigenvalue weighted by Gasteiger charge is 2.49. The Balaban J connectivity index is 1.65. The Morgan fingerprint density at radius 3 is 2.29 bits per heavy atom. The van der Waals surface area contributed by atoms with E-state index in [4.69, 9.17) is 32.7 Å². The molecular weight excluding hydrogens is 403 g/mol. The number of hydrogen-bond acceptors (Lipinski definition) is 4. The third kappa shape index (κ3) is 4.03. The van der Waals surface area contributed by atoms with Crippen LogP contribution >= 0.6 is 23.2 Å². The zero-order valence-corrected chi connectivity index (χ0v) is 17.0. The number of amides is 3. The molecule has 1 saturated heterocycles. The van der Waals surface area contributed by atoms with Crippen molar-refractivity contribution < 1.29 is 19.1 Å². The maximum atomic E-state index is 12.9. The number of hydrogen-bond donors (Lipinski definition) is 1. The van der Waals surface area contributed by atoms with Gasteiger partial charge in [0.2, 0.25) is 0 Å². The van der Waals surface area contributed by atoms with E-state index in [1.54, 1.807) is 49.4 Å². The zero-order chi connectivity index (χ0) is 20.3. The number of halogens is 2. The van der Waals surface area contributed by atoms with Gasteiger partial charge in [0, 0.05) is 15.6 Å². The lowest BCUT2D eigenvalue weighted by atomic mass is 9.92. The molecule has 1 unspecified atom stereocenters. The molecule has 1 aliphatic heterocycles. The fourth-order valence-electron chi connectivity index (χ4n) is 3.03. The van der Waals surface area contributed by atoms with Gasteiger partial charge in [-0.2, -0.15) is 0 Å². The maximum absolute atomic E-state index is 12.9. The first-order valence-corrected chi connectivity index (χ1v) is 9.56. The van der Waals surface area contributed by atoms with Crippen LogP contribution in [0.5, 0.6) is 11.5 Å². The second-order valence-corrected chi connectivity index (χ2v) is 7.23. The molecule has 3 amide bonds. The average molecular weight is 423 g/mol. The van der Waals surface area contributed by atoms with Crippen LogP contribution < -0.4 is 14.8 Å². The summed E-state index contributed by atoms with van der Waals surface area (Å²) < 4.78 is 11.0. The van der Waals surface area contributed by atoms with Crippen LogP contribution in [0.25, 0.3) is 0 Å². The van der Waals surface area contributed by atoms with Crippen molar-refractivity contribution in [2.24, 2.45) is 0 Å². The fraction of sp³-hybridized carbons (Fsp3) is 0.300. The molecule has 1 N–H and O–H groups in total. The second-order valence-electron chi connectivity index (χ2n) is 6.39. The van der Waals surface area contributed by atoms with Gasteiger partial charge < -0.3 is 14.8 Å². The monoisotopic (exact) mass is 422 g/mol. The van der Waals surface area contributed by atoms with Gasteiger partial charge in [-0.05, 0) is 50.2 Å². The number of imide groups is 1. The van der Waals surface area contributed by atoms with Gasteiger partial charge in [-0.3, -0.25) is 9.69 Å². The minimum atomic E-state index is -1.25. The third-order valence-electron chi connectivity index (χ3n) is 4.46. The standard InChI is InChI=1S/C20H20Cl2N2O4/c1-3-27-14-5-7-15(8-6-14)28-11-10-24-18(25)20(2,23-19(24)26)16-9-4-13(21)12-17(16)22/h4-9,12H,3,10-11H2,1-2H3,(H,23,26). The molecule has 1 fully saturated rings. The van der Waals surface area contributed by atoms with E-state index in [1.165, 1.54) is 0 Å². The number of carbonyl (C=O) groups is 2. The van der Waals surface area contributed by atoms with E-state index < -0.39 is 17.5 Å². The Hall–Kier alpha value is -2.44. The van der Waals surface area contributed by atoms with Gasteiger partial charge in [-0.15, -0.1) is 0 Å². The molecule has 2 aromatic rings. The lowest BCUT2D eigenvalue weighted by Crippen LogP contribution is -2.41. The van der Waals surface area contributed by atoms with Crippen LogP contribution in [0.15, 0.2) is 42.5 Å². The van der Waals surface area contributed by atoms with E-state index in [9.17, 15) is 9.59 Å². The molecule has 0 spiro atoms. The predicted molar refractivity (Wildman–Crippen MR) is 107 cm³/mol. The largest absolute Gasteiger partial charge is 0.494 e. The molecule has 0 aliphatic carbocycles. The summed E-state index contributed by atoms with van der Waals surface area (Å²) in [6, 6.07) is 11.5. The predicted octanol–water partition coefficient (Wildman–Crippen LogP) is 4.24. The molecule has 0 bridgehead atoms. The average Bonchev–Trinajstić information content (AvgIpc) is 2.87. The summed E-state index contributed by atoms with van der Waals surface area (Å²) in [6.07, 6.45) is 0. The molecule has 148 valence electrons. The Morgan fingerprint density at radius 1 is 1.04 bits per heavy atom. The van der Waals surface area contributed by atoms with Crippen LogP contribution in [-0.2, 0) is 10.3 Å². The first-order chi connectivity index (χ1) is 13.3. The van der Waals surface area contributed by atoms with Crippen LogP contribution in [0.3, 0.4) is 0 Å². The minimum absolute atomic E-state index is 0.110. The molecular formula is C20H20Cl2N2O4. The highest BCUT2D eigenvalue weighted by atomic mass is 35.5. The molecule has 1 heterocycles. The first-order valence-electron chi connectivity index (χ1n) is 8.80. The molecule has 2 aromatic carbocycles. The summed E-state index contributed by atoms with van der Waals surface area (Å²) in [7, 11) is 0. The van der Waals surface area contributed by atoms with Gasteiger partial charge in [0.15, 0.2) is 0 Å². The number of nitrogens with one attached hydrogen (secondary N) is 1. The van der Waals surface area contributed by atoms with Crippen molar-refractivity contribution in [2.45, 2.75) is 19.4 Å². The Kier molecular flexibility index (Phi) is 6.01. The normalized spacial score (nSPS) is 18.9. The second kappa shape index (κ2) is 8.29. The first kappa shape index (κ1) is 20.3. The van der Waals surface area contributed by atoms with Crippen LogP contribution in [0, 0.1) is 0 Å². The Labute approximate surface area is 173 Å². The van der Waals surface area contributed by atoms with Crippen molar-refractivity contribution in [1.29, 1.82) is 0 Å². The van der Waals surface area contributed by atoms with Crippen molar-refractivity contribution in [3.05, 3.63) is 58.1 Å². The summed E-state index contributed by atoms with van der Waals surface area (Å²) >= 11 is 12.2. The summed E-state index contributed by atoms with van der Waals surface area (Å²) in [6.45, 7) is 4.39. The van der Waals surface area contributed by atoms with Crippen LogP contribution in [-0.4, -0.2) is 36.6 Å². The van der Waals surface area contributed by atoms with Crippen LogP contribution in [0.1, 0.15) is 19.4 Å². The van der Waals surface area contributed by atoms with E-state index in [0.717, 1.165) is 10.6 Å². The molecule has 1 atom stereocenters. The molecule has 0 radical (unpaired) electrons. The van der Waals surface area contributed by atoms with Gasteiger partial charge >= 0.3 is 6.03 Å². The number of benzene rings is 2. The molecule has 6 nitrogen and oxygen atoms in total. The van der Waals surface area contributed by atoms with E-state index in [-0.39, 0.29) is 13.2 Å². The van der Waals surface area contributed by atoms with Crippen LogP contribution in [0.4, 0.5) is 4.79 Å². The number of ether oxygens (including phenoxy) is 2. The summed E-state index contributed by atoms with van der Waals surface area (Å²) in [5, 5.41) is 3.48. The van der Waals surface area contributed by atoms with E-state index >= 15 is 0 Å². The Bertz CT molecular complexity index is 888. The quantitative estimate of drug-likeness (QED) is 0.677. The van der Waals surface area contributed by atoms with Gasteiger partial charge in [0.25, 0.3) is 5.91 Å². The van der Waals surface area contributed by atoms with Gasteiger partial charge in [0.05, 0.1) is 13.2 Å². The summed E-state index contributed by atoms with van der Waals surface area (Å²) in [5.74, 6) is 0.982. The highest BCUT2D eigenvalue weighted by Crippen LogP contribution is 2.34. The molecule has 0 aromatic heterocycles. The molecule has 1 aliphatic rings. The SMILES string of the molecule is CCOc1ccc(OCCN2C(=O)NC(C)(c3ccc(Cl)cc3Cl)C2=O)cc1. The van der Waals surface area contributed by atoms with Crippen molar-refractivity contribution in [3.8, 4) is 11.5 Å². The Morgan fingerprint density at radius 2 is 1.68 bits per heavy atom. The molecule has 3 rings (SSSR count). The van der Waals surface area contributed by atoms with Crippen molar-refractivity contribution >= 4 is 35.1 Å². The topological polar surface area (TPSA) is 67.9 Å². The van der Waals surface area contributed by atoms with Gasteiger partial charge in [-0.25, -0.2) is 4.79 Å². The number of urea groups is 1. The highest BCUT2D eigenvalue weighted by molar-refractivity contribution is 6.35. The minimum Gasteiger partial charge on any atom is -0.494 e. The van der Waals surface area contributed by atoms with Gasteiger partial charge in [0.1, 0.15) is 23.6 Å². The van der Waals surface area contributed by atoms with Crippen LogP contribution in [0.2, 0.25) is 10.0 Å². The number of rotatable bonds is 7. The molecule has 0 saturated carbocycles. The zero-order valence-electron chi connectivity index (χ0n) is 15.5. The maximum Gasteiger partial charge on any atom is 0.325 e. The molecule has 8 heteroatoms. The van der Waals surface area contributed by atoms with Gasteiger partial charge in [-0.1, -0.05) is 29.3 Å². The lowest BCUT2D eigenvalue weighted by Gasteiger charge is -2.23. The van der Waals surface area contributed by atoms with E-state index in [0.29, 0.717) is 28.0 Å². The third-order valence-corrected chi connectivity index (χ3v) is 5.01. The van der Waals surface area contributed by atoms with Crippen molar-refractivity contribution in [2.75, 3.05) is 19.8 Å². The van der Waals surface area contributed by atoms with E-state index in [2.05, 4.69) is 5.32 Å². The summed E-state index contributed by atoms with van der Waals surface area (Å²) in [5.41, 5.74) is -0.760. The van der Waals surface area contributed by atoms with Crippen molar-refractivity contribution in [3.63, 3.8) is 0 Å². The van der Waals surface area contributed by atoms with Crippen molar-refractivity contribution in [1.82, 2.24) is 10.2 Å². The smallest absolute Gasteiger partial charge is 0.325 e. The lowest BCUT2D eigenvalue weighted by molar-refractivity contribution is -0.131. The number of carbonyl (C=O) groups excluding carboxylic acids is 2.